The van der Waals surface area contributed by atoms with Crippen LogP contribution in [-0.4, -0.2) is 29.0 Å². The van der Waals surface area contributed by atoms with Crippen LogP contribution in [0.3, 0.4) is 0 Å². The Kier molecular flexibility index (Phi) is 4.50. The van der Waals surface area contributed by atoms with Gasteiger partial charge in [-0.2, -0.15) is 0 Å². The molecule has 0 fully saturated rings. The Hall–Kier alpha value is -1.11. The zero-order valence-electron chi connectivity index (χ0n) is 9.30. The maximum atomic E-state index is 13.2. The highest BCUT2D eigenvalue weighted by atomic mass is 19.2. The highest BCUT2D eigenvalue weighted by molar-refractivity contribution is 5.20. The van der Waals surface area contributed by atoms with E-state index in [9.17, 15) is 13.2 Å². The molecule has 0 radical (unpaired) electrons. The maximum absolute atomic E-state index is 13.2. The van der Waals surface area contributed by atoms with Gasteiger partial charge in [0.2, 0.25) is 0 Å². The van der Waals surface area contributed by atoms with Crippen molar-refractivity contribution in [3.05, 3.63) is 35.1 Å². The van der Waals surface area contributed by atoms with Gasteiger partial charge in [-0.25, -0.2) is 13.2 Å². The third kappa shape index (κ3) is 3.42. The molecule has 0 saturated carbocycles. The van der Waals surface area contributed by atoms with Crippen LogP contribution in [0.5, 0.6) is 0 Å². The van der Waals surface area contributed by atoms with Gasteiger partial charge in [-0.1, -0.05) is 0 Å². The Labute approximate surface area is 96.9 Å². The fourth-order valence-electron chi connectivity index (χ4n) is 1.17. The minimum absolute atomic E-state index is 0.0722. The molecular formula is C11H14F3NO2. The van der Waals surface area contributed by atoms with Gasteiger partial charge in [-0.15, -0.1) is 0 Å². The van der Waals surface area contributed by atoms with Gasteiger partial charge in [0.25, 0.3) is 0 Å². The smallest absolute Gasteiger partial charge is 0.161 e. The molecular weight excluding hydrogens is 235 g/mol. The molecule has 0 saturated heterocycles. The van der Waals surface area contributed by atoms with E-state index < -0.39 is 23.0 Å². The van der Waals surface area contributed by atoms with Crippen molar-refractivity contribution in [1.82, 2.24) is 5.32 Å². The van der Waals surface area contributed by atoms with Crippen molar-refractivity contribution in [3.63, 3.8) is 0 Å². The molecule has 0 aliphatic carbocycles. The van der Waals surface area contributed by atoms with E-state index in [1.54, 1.807) is 0 Å². The molecule has 1 aromatic carbocycles. The molecule has 0 spiro atoms. The Morgan fingerprint density at radius 3 is 2.12 bits per heavy atom. The average molecular weight is 249 g/mol. The Morgan fingerprint density at radius 2 is 1.59 bits per heavy atom. The van der Waals surface area contributed by atoms with E-state index in [0.29, 0.717) is 6.07 Å². The van der Waals surface area contributed by atoms with Crippen LogP contribution in [-0.2, 0) is 6.54 Å². The van der Waals surface area contributed by atoms with E-state index in [0.717, 1.165) is 6.07 Å². The van der Waals surface area contributed by atoms with Crippen molar-refractivity contribution in [3.8, 4) is 0 Å². The lowest BCUT2D eigenvalue weighted by atomic mass is 10.0. The number of halogens is 3. The Morgan fingerprint density at radius 1 is 1.06 bits per heavy atom. The lowest BCUT2D eigenvalue weighted by Gasteiger charge is -2.26. The summed E-state index contributed by atoms with van der Waals surface area (Å²) in [5, 5.41) is 20.6. The van der Waals surface area contributed by atoms with Crippen LogP contribution in [0.25, 0.3) is 0 Å². The van der Waals surface area contributed by atoms with Crippen LogP contribution in [0.15, 0.2) is 12.1 Å². The molecule has 0 amide bonds. The van der Waals surface area contributed by atoms with Crippen molar-refractivity contribution in [1.29, 1.82) is 0 Å². The molecule has 17 heavy (non-hydrogen) atoms. The molecule has 1 rings (SSSR count). The predicted octanol–water partition coefficient (Wildman–Crippen LogP) is 0.937. The number of benzene rings is 1. The molecule has 6 heteroatoms. The molecule has 1 aromatic rings. The summed E-state index contributed by atoms with van der Waals surface area (Å²) in [5.74, 6) is -3.27. The zero-order chi connectivity index (χ0) is 13.1. The third-order valence-corrected chi connectivity index (χ3v) is 2.49. The van der Waals surface area contributed by atoms with Crippen LogP contribution >= 0.6 is 0 Å². The first-order valence-electron chi connectivity index (χ1n) is 5.02. The second kappa shape index (κ2) is 5.48. The lowest BCUT2D eigenvalue weighted by molar-refractivity contribution is 0.103. The van der Waals surface area contributed by atoms with Crippen molar-refractivity contribution in [2.45, 2.75) is 19.0 Å². The second-order valence-electron chi connectivity index (χ2n) is 4.09. The number of aliphatic hydroxyl groups excluding tert-OH is 2. The van der Waals surface area contributed by atoms with Gasteiger partial charge in [0.05, 0.1) is 18.8 Å². The van der Waals surface area contributed by atoms with Crippen LogP contribution < -0.4 is 5.32 Å². The van der Waals surface area contributed by atoms with E-state index >= 15 is 0 Å². The van der Waals surface area contributed by atoms with Gasteiger partial charge in [0, 0.05) is 18.2 Å². The van der Waals surface area contributed by atoms with Crippen molar-refractivity contribution >= 4 is 0 Å². The topological polar surface area (TPSA) is 52.5 Å². The van der Waals surface area contributed by atoms with Crippen molar-refractivity contribution < 1.29 is 23.4 Å². The number of hydrogen-bond acceptors (Lipinski definition) is 3. The zero-order valence-corrected chi connectivity index (χ0v) is 9.30. The first-order chi connectivity index (χ1) is 7.91. The molecule has 3 nitrogen and oxygen atoms in total. The van der Waals surface area contributed by atoms with E-state index in [4.69, 9.17) is 10.2 Å². The number of nitrogens with one attached hydrogen (secondary N) is 1. The summed E-state index contributed by atoms with van der Waals surface area (Å²) in [6, 6.07) is 1.20. The van der Waals surface area contributed by atoms with Crippen molar-refractivity contribution in [2.75, 3.05) is 13.2 Å². The third-order valence-electron chi connectivity index (χ3n) is 2.49. The molecule has 0 atom stereocenters. The molecule has 0 unspecified atom stereocenters. The van der Waals surface area contributed by atoms with Crippen LogP contribution in [0, 0.1) is 17.5 Å². The van der Waals surface area contributed by atoms with Crippen LogP contribution in [0.4, 0.5) is 13.2 Å². The van der Waals surface area contributed by atoms with Crippen LogP contribution in [0.2, 0.25) is 0 Å². The van der Waals surface area contributed by atoms with E-state index in [1.807, 2.05) is 0 Å². The molecule has 0 aliphatic rings. The van der Waals surface area contributed by atoms with Gasteiger partial charge in [-0.3, -0.25) is 0 Å². The van der Waals surface area contributed by atoms with Gasteiger partial charge in [-0.05, 0) is 13.0 Å². The standard InChI is InChI=1S/C11H14F3NO2/c1-11(5-16,6-17)15-4-7-2-9(13)10(14)3-8(7)12/h2-3,15-17H,4-6H2,1H3. The number of rotatable bonds is 5. The highest BCUT2D eigenvalue weighted by Crippen LogP contribution is 2.14. The molecule has 0 bridgehead atoms. The Balaban J connectivity index is 2.79. The highest BCUT2D eigenvalue weighted by Gasteiger charge is 2.22. The van der Waals surface area contributed by atoms with E-state index in [-0.39, 0.29) is 25.3 Å². The van der Waals surface area contributed by atoms with E-state index in [2.05, 4.69) is 5.32 Å². The monoisotopic (exact) mass is 249 g/mol. The average Bonchev–Trinajstić information content (AvgIpc) is 2.32. The normalized spacial score (nSPS) is 11.9. The largest absolute Gasteiger partial charge is 0.394 e. The molecule has 0 aromatic heterocycles. The summed E-state index contributed by atoms with van der Waals surface area (Å²) in [7, 11) is 0. The number of hydrogen-bond donors (Lipinski definition) is 3. The minimum atomic E-state index is -1.25. The summed E-state index contributed by atoms with van der Waals surface area (Å²) in [4.78, 5) is 0. The van der Waals surface area contributed by atoms with Gasteiger partial charge in [0.15, 0.2) is 11.6 Å². The van der Waals surface area contributed by atoms with Gasteiger partial charge in [0.1, 0.15) is 5.82 Å². The summed E-state index contributed by atoms with van der Waals surface area (Å²) in [6.45, 7) is 0.662. The summed E-state index contributed by atoms with van der Waals surface area (Å²) >= 11 is 0. The quantitative estimate of drug-likeness (QED) is 0.681. The van der Waals surface area contributed by atoms with Gasteiger partial charge >= 0.3 is 0 Å². The summed E-state index contributed by atoms with van der Waals surface area (Å²) in [5.41, 5.74) is -1.07. The fraction of sp³-hybridized carbons (Fsp3) is 0.455. The molecule has 0 aliphatic heterocycles. The first kappa shape index (κ1) is 14.0. The molecule has 3 N–H and O–H groups in total. The lowest BCUT2D eigenvalue weighted by Crippen LogP contribution is -2.48. The Bertz CT molecular complexity index is 395. The minimum Gasteiger partial charge on any atom is -0.394 e. The second-order valence-corrected chi connectivity index (χ2v) is 4.09. The first-order valence-corrected chi connectivity index (χ1v) is 5.02. The van der Waals surface area contributed by atoms with E-state index in [1.165, 1.54) is 6.92 Å². The fourth-order valence-corrected chi connectivity index (χ4v) is 1.17. The van der Waals surface area contributed by atoms with Gasteiger partial charge < -0.3 is 15.5 Å². The summed E-state index contributed by atoms with van der Waals surface area (Å²) in [6.07, 6.45) is 0. The molecule has 0 heterocycles. The predicted molar refractivity (Wildman–Crippen MR) is 55.7 cm³/mol. The maximum Gasteiger partial charge on any atom is 0.161 e. The SMILES string of the molecule is CC(CO)(CO)NCc1cc(F)c(F)cc1F. The van der Waals surface area contributed by atoms with Crippen LogP contribution in [0.1, 0.15) is 12.5 Å². The summed E-state index contributed by atoms with van der Waals surface area (Å²) < 4.78 is 38.8. The number of aliphatic hydroxyl groups is 2. The molecule has 96 valence electrons. The van der Waals surface area contributed by atoms with Crippen molar-refractivity contribution in [2.24, 2.45) is 0 Å².